The smallest absolute Gasteiger partial charge is 0.123 e. The Hall–Kier alpha value is -1.28. The standard InChI is InChI=1S/C14H19NO/c1-3-9-15-12(4-2)14-10-11-7-5-6-8-13(11)16-14/h4-8,12,14-15H,2-3,9-10H2,1H3. The molecule has 1 aromatic carbocycles. The lowest BCUT2D eigenvalue weighted by atomic mass is 10.0. The molecule has 0 aliphatic carbocycles. The zero-order valence-corrected chi connectivity index (χ0v) is 9.78. The molecule has 1 aromatic rings. The number of benzene rings is 1. The highest BCUT2D eigenvalue weighted by molar-refractivity contribution is 5.38. The van der Waals surface area contributed by atoms with Gasteiger partial charge in [-0.3, -0.25) is 0 Å². The maximum Gasteiger partial charge on any atom is 0.123 e. The van der Waals surface area contributed by atoms with Crippen LogP contribution in [-0.2, 0) is 6.42 Å². The van der Waals surface area contributed by atoms with Crippen molar-refractivity contribution in [3.05, 3.63) is 42.5 Å². The normalized spacial score (nSPS) is 19.9. The molecule has 86 valence electrons. The van der Waals surface area contributed by atoms with Crippen molar-refractivity contribution in [2.45, 2.75) is 31.9 Å². The second-order valence-corrected chi connectivity index (χ2v) is 4.18. The summed E-state index contributed by atoms with van der Waals surface area (Å²) in [5.74, 6) is 1.03. The van der Waals surface area contributed by atoms with E-state index in [9.17, 15) is 0 Å². The molecule has 2 atom stereocenters. The highest BCUT2D eigenvalue weighted by atomic mass is 16.5. The van der Waals surface area contributed by atoms with Crippen LogP contribution in [0.4, 0.5) is 0 Å². The third kappa shape index (κ3) is 2.27. The predicted molar refractivity (Wildman–Crippen MR) is 66.8 cm³/mol. The van der Waals surface area contributed by atoms with Crippen molar-refractivity contribution in [2.24, 2.45) is 0 Å². The molecule has 2 rings (SSSR count). The summed E-state index contributed by atoms with van der Waals surface area (Å²) >= 11 is 0. The number of hydrogen-bond donors (Lipinski definition) is 1. The highest BCUT2D eigenvalue weighted by Crippen LogP contribution is 2.29. The molecule has 1 N–H and O–H groups in total. The minimum absolute atomic E-state index is 0.196. The van der Waals surface area contributed by atoms with Gasteiger partial charge in [-0.15, -0.1) is 6.58 Å². The summed E-state index contributed by atoms with van der Waals surface area (Å²) in [4.78, 5) is 0. The fraction of sp³-hybridized carbons (Fsp3) is 0.429. The average molecular weight is 217 g/mol. The first-order chi connectivity index (χ1) is 7.85. The summed E-state index contributed by atoms with van der Waals surface area (Å²) in [6, 6.07) is 8.49. The number of hydrogen-bond acceptors (Lipinski definition) is 2. The molecule has 0 bridgehead atoms. The second kappa shape index (κ2) is 5.17. The zero-order chi connectivity index (χ0) is 11.4. The van der Waals surface area contributed by atoms with E-state index in [4.69, 9.17) is 4.74 Å². The van der Waals surface area contributed by atoms with Gasteiger partial charge in [-0.2, -0.15) is 0 Å². The van der Waals surface area contributed by atoms with Crippen LogP contribution in [0, 0.1) is 0 Å². The first-order valence-corrected chi connectivity index (χ1v) is 5.95. The van der Waals surface area contributed by atoms with Gasteiger partial charge in [-0.25, -0.2) is 0 Å². The first-order valence-electron chi connectivity index (χ1n) is 5.95. The third-order valence-electron chi connectivity index (χ3n) is 2.96. The van der Waals surface area contributed by atoms with Crippen molar-refractivity contribution >= 4 is 0 Å². The van der Waals surface area contributed by atoms with Gasteiger partial charge in [0.25, 0.3) is 0 Å². The molecule has 0 saturated heterocycles. The lowest BCUT2D eigenvalue weighted by Crippen LogP contribution is -2.41. The maximum atomic E-state index is 5.92. The number of nitrogens with one attached hydrogen (secondary N) is 1. The molecule has 1 heterocycles. The van der Waals surface area contributed by atoms with Gasteiger partial charge >= 0.3 is 0 Å². The quantitative estimate of drug-likeness (QED) is 0.765. The third-order valence-corrected chi connectivity index (χ3v) is 2.96. The molecule has 2 unspecified atom stereocenters. The van der Waals surface area contributed by atoms with Gasteiger partial charge < -0.3 is 10.1 Å². The average Bonchev–Trinajstić information content (AvgIpc) is 2.73. The van der Waals surface area contributed by atoms with Gasteiger partial charge in [0, 0.05) is 6.42 Å². The van der Waals surface area contributed by atoms with E-state index in [1.807, 2.05) is 18.2 Å². The lowest BCUT2D eigenvalue weighted by Gasteiger charge is -2.21. The van der Waals surface area contributed by atoms with E-state index in [-0.39, 0.29) is 12.1 Å². The van der Waals surface area contributed by atoms with Crippen LogP contribution in [0.3, 0.4) is 0 Å². The Bertz CT molecular complexity index is 337. The van der Waals surface area contributed by atoms with Gasteiger partial charge in [-0.05, 0) is 24.6 Å². The summed E-state index contributed by atoms with van der Waals surface area (Å²) in [6.45, 7) is 7.05. The fourth-order valence-corrected chi connectivity index (χ4v) is 2.09. The molecular weight excluding hydrogens is 198 g/mol. The first kappa shape index (κ1) is 11.2. The summed E-state index contributed by atoms with van der Waals surface area (Å²) in [5, 5.41) is 3.45. The topological polar surface area (TPSA) is 21.3 Å². The molecule has 1 aliphatic heterocycles. The Labute approximate surface area is 97.3 Å². The predicted octanol–water partition coefficient (Wildman–Crippen LogP) is 2.54. The fourth-order valence-electron chi connectivity index (χ4n) is 2.09. The van der Waals surface area contributed by atoms with E-state index in [0.29, 0.717) is 0 Å². The van der Waals surface area contributed by atoms with Crippen LogP contribution in [-0.4, -0.2) is 18.7 Å². The Kier molecular flexibility index (Phi) is 3.62. The van der Waals surface area contributed by atoms with Gasteiger partial charge in [0.05, 0.1) is 6.04 Å². The molecular formula is C14H19NO. The molecule has 0 fully saturated rings. The largest absolute Gasteiger partial charge is 0.488 e. The van der Waals surface area contributed by atoms with Gasteiger partial charge in [0.2, 0.25) is 0 Å². The molecule has 0 aromatic heterocycles. The van der Waals surface area contributed by atoms with Crippen molar-refractivity contribution in [3.63, 3.8) is 0 Å². The summed E-state index contributed by atoms with van der Waals surface area (Å²) in [6.07, 6.45) is 4.25. The van der Waals surface area contributed by atoms with E-state index in [1.54, 1.807) is 0 Å². The minimum atomic E-state index is 0.196. The van der Waals surface area contributed by atoms with E-state index in [0.717, 1.165) is 25.1 Å². The Morgan fingerprint density at radius 1 is 1.56 bits per heavy atom. The molecule has 0 radical (unpaired) electrons. The van der Waals surface area contributed by atoms with Crippen LogP contribution in [0.15, 0.2) is 36.9 Å². The van der Waals surface area contributed by atoms with E-state index < -0.39 is 0 Å². The van der Waals surface area contributed by atoms with Gasteiger partial charge in [0.1, 0.15) is 11.9 Å². The van der Waals surface area contributed by atoms with E-state index in [2.05, 4.69) is 31.0 Å². The summed E-state index contributed by atoms with van der Waals surface area (Å²) in [7, 11) is 0. The molecule has 0 saturated carbocycles. The molecule has 0 amide bonds. The molecule has 0 spiro atoms. The van der Waals surface area contributed by atoms with Crippen LogP contribution in [0.25, 0.3) is 0 Å². The van der Waals surface area contributed by atoms with Gasteiger partial charge in [0.15, 0.2) is 0 Å². The van der Waals surface area contributed by atoms with E-state index >= 15 is 0 Å². The lowest BCUT2D eigenvalue weighted by molar-refractivity contribution is 0.199. The van der Waals surface area contributed by atoms with E-state index in [1.165, 1.54) is 5.56 Å². The zero-order valence-electron chi connectivity index (χ0n) is 9.78. The van der Waals surface area contributed by atoms with Crippen molar-refractivity contribution < 1.29 is 4.74 Å². The SMILES string of the molecule is C=CC(NCCC)C1Cc2ccccc2O1. The molecule has 2 heteroatoms. The maximum absolute atomic E-state index is 5.92. The summed E-state index contributed by atoms with van der Waals surface area (Å²) < 4.78 is 5.92. The number of rotatable bonds is 5. The van der Waals surface area contributed by atoms with Crippen molar-refractivity contribution in [3.8, 4) is 5.75 Å². The number of ether oxygens (including phenoxy) is 1. The summed E-state index contributed by atoms with van der Waals surface area (Å²) in [5.41, 5.74) is 1.30. The Morgan fingerprint density at radius 2 is 2.38 bits per heavy atom. The Morgan fingerprint density at radius 3 is 3.06 bits per heavy atom. The van der Waals surface area contributed by atoms with Crippen LogP contribution in [0.2, 0.25) is 0 Å². The van der Waals surface area contributed by atoms with Crippen LogP contribution in [0.1, 0.15) is 18.9 Å². The number of fused-ring (bicyclic) bond motifs is 1. The van der Waals surface area contributed by atoms with Crippen molar-refractivity contribution in [1.82, 2.24) is 5.32 Å². The van der Waals surface area contributed by atoms with Crippen LogP contribution in [0.5, 0.6) is 5.75 Å². The minimum Gasteiger partial charge on any atom is -0.488 e. The van der Waals surface area contributed by atoms with Crippen molar-refractivity contribution in [1.29, 1.82) is 0 Å². The van der Waals surface area contributed by atoms with Gasteiger partial charge in [-0.1, -0.05) is 31.2 Å². The van der Waals surface area contributed by atoms with Crippen molar-refractivity contribution in [2.75, 3.05) is 6.54 Å². The molecule has 2 nitrogen and oxygen atoms in total. The Balaban J connectivity index is 2.01. The molecule has 16 heavy (non-hydrogen) atoms. The highest BCUT2D eigenvalue weighted by Gasteiger charge is 2.27. The second-order valence-electron chi connectivity index (χ2n) is 4.18. The van der Waals surface area contributed by atoms with Crippen LogP contribution >= 0.6 is 0 Å². The number of para-hydroxylation sites is 1. The molecule has 1 aliphatic rings. The van der Waals surface area contributed by atoms with Crippen LogP contribution < -0.4 is 10.1 Å². The monoisotopic (exact) mass is 217 g/mol.